The van der Waals surface area contributed by atoms with Crippen molar-refractivity contribution in [1.82, 2.24) is 5.32 Å². The van der Waals surface area contributed by atoms with E-state index in [-0.39, 0.29) is 12.5 Å². The van der Waals surface area contributed by atoms with Gasteiger partial charge in [0.05, 0.1) is 6.42 Å². The van der Waals surface area contributed by atoms with Crippen LogP contribution in [0.1, 0.15) is 32.6 Å². The summed E-state index contributed by atoms with van der Waals surface area (Å²) in [5.41, 5.74) is 10.5. The molecule has 0 saturated carbocycles. The Morgan fingerprint density at radius 1 is 1.29 bits per heavy atom. The molecule has 7 heteroatoms. The first-order chi connectivity index (χ1) is 7.86. The Hall–Kier alpha value is -1.63. The summed E-state index contributed by atoms with van der Waals surface area (Å²) in [6.07, 6.45) is 1.14. The lowest BCUT2D eigenvalue weighted by molar-refractivity contribution is -0.143. The molecule has 98 valence electrons. The van der Waals surface area contributed by atoms with E-state index in [0.717, 1.165) is 6.42 Å². The third kappa shape index (κ3) is 7.29. The fraction of sp³-hybridized carbons (Fsp3) is 0.700. The van der Waals surface area contributed by atoms with Crippen molar-refractivity contribution >= 4 is 17.8 Å². The molecule has 0 radical (unpaired) electrons. The van der Waals surface area contributed by atoms with Gasteiger partial charge in [0.2, 0.25) is 11.8 Å². The van der Waals surface area contributed by atoms with Crippen LogP contribution in [0.5, 0.6) is 0 Å². The first kappa shape index (κ1) is 15.4. The molecule has 6 N–H and O–H groups in total. The fourth-order valence-electron chi connectivity index (χ4n) is 1.37. The van der Waals surface area contributed by atoms with Gasteiger partial charge in [-0.05, 0) is 6.42 Å². The van der Waals surface area contributed by atoms with Gasteiger partial charge < -0.3 is 21.9 Å². The van der Waals surface area contributed by atoms with Crippen molar-refractivity contribution in [3.63, 3.8) is 0 Å². The molecule has 2 amide bonds. The molecular formula is C10H19N3O4. The van der Waals surface area contributed by atoms with Gasteiger partial charge in [-0.3, -0.25) is 9.59 Å². The number of primary amides is 1. The number of aliphatic carboxylic acids is 1. The smallest absolute Gasteiger partial charge is 0.326 e. The minimum absolute atomic E-state index is 0.0381. The third-order valence-electron chi connectivity index (χ3n) is 2.15. The lowest BCUT2D eigenvalue weighted by atomic mass is 10.1. The Labute approximate surface area is 99.5 Å². The molecule has 2 atom stereocenters. The summed E-state index contributed by atoms with van der Waals surface area (Å²) in [6.45, 7) is 1.94. The van der Waals surface area contributed by atoms with Crippen molar-refractivity contribution in [2.45, 2.75) is 44.7 Å². The highest BCUT2D eigenvalue weighted by molar-refractivity contribution is 5.88. The van der Waals surface area contributed by atoms with Crippen LogP contribution in [0, 0.1) is 0 Å². The zero-order valence-corrected chi connectivity index (χ0v) is 9.81. The zero-order valence-electron chi connectivity index (χ0n) is 9.81. The Balaban J connectivity index is 4.21. The van der Waals surface area contributed by atoms with Gasteiger partial charge in [0, 0.05) is 12.5 Å². The van der Waals surface area contributed by atoms with Crippen LogP contribution >= 0.6 is 0 Å². The predicted molar refractivity (Wildman–Crippen MR) is 60.9 cm³/mol. The summed E-state index contributed by atoms with van der Waals surface area (Å²) in [5.74, 6) is -2.56. The molecule has 0 rings (SSSR count). The number of nitrogens with two attached hydrogens (primary N) is 2. The largest absolute Gasteiger partial charge is 0.480 e. The van der Waals surface area contributed by atoms with Crippen LogP contribution in [0.25, 0.3) is 0 Å². The Kier molecular flexibility index (Phi) is 6.88. The molecule has 0 aliphatic heterocycles. The summed E-state index contributed by atoms with van der Waals surface area (Å²) in [7, 11) is 0. The second-order valence-electron chi connectivity index (χ2n) is 3.88. The number of rotatable bonds is 8. The standard InChI is InChI=1S/C10H19N3O4/c1-2-3-6(11)4-9(15)13-7(10(16)17)5-8(12)14/h6-7H,2-5,11H2,1H3,(H2,12,14)(H,13,15)(H,16,17). The fourth-order valence-corrected chi connectivity index (χ4v) is 1.37. The van der Waals surface area contributed by atoms with Gasteiger partial charge in [-0.2, -0.15) is 0 Å². The summed E-state index contributed by atoms with van der Waals surface area (Å²) < 4.78 is 0. The van der Waals surface area contributed by atoms with Crippen LogP contribution in [0.2, 0.25) is 0 Å². The van der Waals surface area contributed by atoms with Crippen molar-refractivity contribution in [2.75, 3.05) is 0 Å². The van der Waals surface area contributed by atoms with E-state index in [1.807, 2.05) is 6.92 Å². The number of carbonyl (C=O) groups excluding carboxylic acids is 2. The van der Waals surface area contributed by atoms with E-state index in [0.29, 0.717) is 6.42 Å². The molecule has 0 heterocycles. The predicted octanol–water partition coefficient (Wildman–Crippen LogP) is -1.05. The second kappa shape index (κ2) is 7.61. The first-order valence-corrected chi connectivity index (χ1v) is 5.42. The van der Waals surface area contributed by atoms with Gasteiger partial charge in [0.25, 0.3) is 0 Å². The average molecular weight is 245 g/mol. The molecule has 0 spiro atoms. The summed E-state index contributed by atoms with van der Waals surface area (Å²) in [6, 6.07) is -1.59. The highest BCUT2D eigenvalue weighted by Gasteiger charge is 2.22. The highest BCUT2D eigenvalue weighted by atomic mass is 16.4. The molecular weight excluding hydrogens is 226 g/mol. The lowest BCUT2D eigenvalue weighted by Crippen LogP contribution is -2.44. The zero-order chi connectivity index (χ0) is 13.4. The van der Waals surface area contributed by atoms with Crippen molar-refractivity contribution in [3.8, 4) is 0 Å². The number of carboxylic acid groups (broad SMARTS) is 1. The minimum atomic E-state index is -1.29. The monoisotopic (exact) mass is 245 g/mol. The number of hydrogen-bond acceptors (Lipinski definition) is 4. The maximum Gasteiger partial charge on any atom is 0.326 e. The van der Waals surface area contributed by atoms with Gasteiger partial charge in [0.15, 0.2) is 0 Å². The van der Waals surface area contributed by atoms with Crippen LogP contribution in [-0.4, -0.2) is 35.0 Å². The van der Waals surface area contributed by atoms with Crippen LogP contribution in [0.4, 0.5) is 0 Å². The van der Waals surface area contributed by atoms with Crippen LogP contribution in [-0.2, 0) is 14.4 Å². The summed E-state index contributed by atoms with van der Waals surface area (Å²) in [5, 5.41) is 11.0. The first-order valence-electron chi connectivity index (χ1n) is 5.42. The Morgan fingerprint density at radius 3 is 2.29 bits per heavy atom. The van der Waals surface area contributed by atoms with E-state index in [9.17, 15) is 14.4 Å². The minimum Gasteiger partial charge on any atom is -0.480 e. The SMILES string of the molecule is CCCC(N)CC(=O)NC(CC(N)=O)C(=O)O. The van der Waals surface area contributed by atoms with E-state index < -0.39 is 30.2 Å². The Bertz CT molecular complexity index is 293. The van der Waals surface area contributed by atoms with Gasteiger partial charge in [-0.15, -0.1) is 0 Å². The molecule has 0 aromatic rings. The average Bonchev–Trinajstić information content (AvgIpc) is 2.15. The third-order valence-corrected chi connectivity index (χ3v) is 2.15. The molecule has 0 aromatic carbocycles. The maximum absolute atomic E-state index is 11.4. The van der Waals surface area contributed by atoms with E-state index in [1.54, 1.807) is 0 Å². The van der Waals surface area contributed by atoms with E-state index in [1.165, 1.54) is 0 Å². The summed E-state index contributed by atoms with van der Waals surface area (Å²) >= 11 is 0. The molecule has 0 saturated heterocycles. The molecule has 0 aliphatic carbocycles. The molecule has 0 aromatic heterocycles. The summed E-state index contributed by atoms with van der Waals surface area (Å²) in [4.78, 5) is 32.7. The topological polar surface area (TPSA) is 136 Å². The van der Waals surface area contributed by atoms with Crippen molar-refractivity contribution in [1.29, 1.82) is 0 Å². The van der Waals surface area contributed by atoms with E-state index >= 15 is 0 Å². The lowest BCUT2D eigenvalue weighted by Gasteiger charge is -2.15. The van der Waals surface area contributed by atoms with Gasteiger partial charge in [0.1, 0.15) is 6.04 Å². The van der Waals surface area contributed by atoms with E-state index in [4.69, 9.17) is 16.6 Å². The molecule has 17 heavy (non-hydrogen) atoms. The number of carbonyl (C=O) groups is 3. The number of amides is 2. The van der Waals surface area contributed by atoms with Crippen LogP contribution in [0.15, 0.2) is 0 Å². The maximum atomic E-state index is 11.4. The van der Waals surface area contributed by atoms with Crippen molar-refractivity contribution < 1.29 is 19.5 Å². The molecule has 7 nitrogen and oxygen atoms in total. The van der Waals surface area contributed by atoms with Crippen molar-refractivity contribution in [2.24, 2.45) is 11.5 Å². The van der Waals surface area contributed by atoms with Gasteiger partial charge in [-0.1, -0.05) is 13.3 Å². The van der Waals surface area contributed by atoms with E-state index in [2.05, 4.69) is 5.32 Å². The number of hydrogen-bond donors (Lipinski definition) is 4. The molecule has 0 fully saturated rings. The molecule has 0 bridgehead atoms. The molecule has 0 aliphatic rings. The quantitative estimate of drug-likeness (QED) is 0.432. The van der Waals surface area contributed by atoms with Crippen LogP contribution < -0.4 is 16.8 Å². The number of nitrogens with one attached hydrogen (secondary N) is 1. The molecule has 2 unspecified atom stereocenters. The van der Waals surface area contributed by atoms with Crippen LogP contribution in [0.3, 0.4) is 0 Å². The van der Waals surface area contributed by atoms with Crippen molar-refractivity contribution in [3.05, 3.63) is 0 Å². The van der Waals surface area contributed by atoms with Gasteiger partial charge in [-0.25, -0.2) is 4.79 Å². The second-order valence-corrected chi connectivity index (χ2v) is 3.88. The highest BCUT2D eigenvalue weighted by Crippen LogP contribution is 2.00. The Morgan fingerprint density at radius 2 is 1.88 bits per heavy atom. The van der Waals surface area contributed by atoms with Gasteiger partial charge >= 0.3 is 5.97 Å². The normalized spacial score (nSPS) is 13.8. The number of carboxylic acids is 1.